The summed E-state index contributed by atoms with van der Waals surface area (Å²) in [4.78, 5) is 12.0. The zero-order valence-corrected chi connectivity index (χ0v) is 14.1. The third-order valence-electron chi connectivity index (χ3n) is 3.12. The molecule has 0 aliphatic carbocycles. The summed E-state index contributed by atoms with van der Waals surface area (Å²) in [6.45, 7) is 3.64. The fourth-order valence-electron chi connectivity index (χ4n) is 2.02. The van der Waals surface area contributed by atoms with E-state index >= 15 is 0 Å². The number of amides is 1. The van der Waals surface area contributed by atoms with Crippen LogP contribution in [0.5, 0.6) is 0 Å². The molecular formula is C17H17N3O3S. The molecule has 2 aromatic rings. The second kappa shape index (κ2) is 7.15. The van der Waals surface area contributed by atoms with Gasteiger partial charge < -0.3 is 5.32 Å². The van der Waals surface area contributed by atoms with E-state index in [1.807, 2.05) is 19.9 Å². The van der Waals surface area contributed by atoms with E-state index in [0.29, 0.717) is 0 Å². The van der Waals surface area contributed by atoms with E-state index in [0.717, 1.165) is 0 Å². The zero-order chi connectivity index (χ0) is 17.7. The largest absolute Gasteiger partial charge is 0.350 e. The quantitative estimate of drug-likeness (QED) is 0.871. The van der Waals surface area contributed by atoms with Gasteiger partial charge in [0.05, 0.1) is 16.1 Å². The van der Waals surface area contributed by atoms with Crippen molar-refractivity contribution in [2.75, 3.05) is 4.72 Å². The zero-order valence-electron chi connectivity index (χ0n) is 13.3. The van der Waals surface area contributed by atoms with Gasteiger partial charge in [0.25, 0.3) is 15.9 Å². The Balaban J connectivity index is 2.33. The standard InChI is InChI=1S/C17H17N3O3S/c1-12(2)19-17(21)13-7-5-8-15(10-13)24(22,23)20-16-9-4-3-6-14(16)11-18/h3-10,12,20H,1-2H3,(H,19,21). The van der Waals surface area contributed by atoms with Gasteiger partial charge in [-0.25, -0.2) is 8.42 Å². The molecule has 0 spiro atoms. The van der Waals surface area contributed by atoms with E-state index < -0.39 is 10.0 Å². The molecule has 6 nitrogen and oxygen atoms in total. The Morgan fingerprint density at radius 2 is 1.83 bits per heavy atom. The summed E-state index contributed by atoms with van der Waals surface area (Å²) in [7, 11) is -3.91. The maximum absolute atomic E-state index is 12.5. The number of sulfonamides is 1. The molecular weight excluding hydrogens is 326 g/mol. The summed E-state index contributed by atoms with van der Waals surface area (Å²) >= 11 is 0. The van der Waals surface area contributed by atoms with E-state index in [1.54, 1.807) is 18.2 Å². The molecule has 0 saturated heterocycles. The Kier molecular flexibility index (Phi) is 5.21. The van der Waals surface area contributed by atoms with Crippen LogP contribution in [-0.2, 0) is 10.0 Å². The molecule has 7 heteroatoms. The molecule has 124 valence electrons. The third kappa shape index (κ3) is 4.12. The molecule has 0 aliphatic heterocycles. The van der Waals surface area contributed by atoms with E-state index in [-0.39, 0.29) is 33.7 Å². The monoisotopic (exact) mass is 343 g/mol. The number of anilines is 1. The number of rotatable bonds is 5. The summed E-state index contributed by atoms with van der Waals surface area (Å²) in [6.07, 6.45) is 0. The topological polar surface area (TPSA) is 99.1 Å². The van der Waals surface area contributed by atoms with E-state index in [2.05, 4.69) is 10.0 Å². The maximum Gasteiger partial charge on any atom is 0.261 e. The molecule has 0 unspecified atom stereocenters. The Bertz CT molecular complexity index is 899. The third-order valence-corrected chi connectivity index (χ3v) is 4.48. The van der Waals surface area contributed by atoms with Gasteiger partial charge in [-0.2, -0.15) is 5.26 Å². The van der Waals surface area contributed by atoms with E-state index in [1.165, 1.54) is 30.3 Å². The summed E-state index contributed by atoms with van der Waals surface area (Å²) in [5, 5.41) is 11.8. The van der Waals surface area contributed by atoms with Crippen molar-refractivity contribution in [2.45, 2.75) is 24.8 Å². The molecule has 0 bridgehead atoms. The molecule has 0 radical (unpaired) electrons. The first-order valence-electron chi connectivity index (χ1n) is 7.26. The van der Waals surface area contributed by atoms with Gasteiger partial charge >= 0.3 is 0 Å². The molecule has 0 atom stereocenters. The average molecular weight is 343 g/mol. The van der Waals surface area contributed by atoms with Crippen LogP contribution in [0.25, 0.3) is 0 Å². The summed E-state index contributed by atoms with van der Waals surface area (Å²) < 4.78 is 27.4. The van der Waals surface area contributed by atoms with Crippen molar-refractivity contribution in [3.63, 3.8) is 0 Å². The lowest BCUT2D eigenvalue weighted by Crippen LogP contribution is -2.30. The summed E-state index contributed by atoms with van der Waals surface area (Å²) in [5.74, 6) is -0.348. The summed E-state index contributed by atoms with van der Waals surface area (Å²) in [6, 6.07) is 13.9. The van der Waals surface area contributed by atoms with Crippen LogP contribution in [0, 0.1) is 11.3 Å². The van der Waals surface area contributed by atoms with Crippen LogP contribution in [0.1, 0.15) is 29.8 Å². The lowest BCUT2D eigenvalue weighted by atomic mass is 10.2. The second-order valence-electron chi connectivity index (χ2n) is 5.42. The lowest BCUT2D eigenvalue weighted by molar-refractivity contribution is 0.0943. The molecule has 2 rings (SSSR count). The van der Waals surface area contributed by atoms with Crippen LogP contribution in [-0.4, -0.2) is 20.4 Å². The second-order valence-corrected chi connectivity index (χ2v) is 7.10. The number of carbonyl (C=O) groups is 1. The highest BCUT2D eigenvalue weighted by Crippen LogP contribution is 2.20. The SMILES string of the molecule is CC(C)NC(=O)c1cccc(S(=O)(=O)Nc2ccccc2C#N)c1. The van der Waals surface area contributed by atoms with Gasteiger partial charge in [-0.15, -0.1) is 0 Å². The number of hydrogen-bond donors (Lipinski definition) is 2. The van der Waals surface area contributed by atoms with Crippen LogP contribution < -0.4 is 10.0 Å². The molecule has 2 N–H and O–H groups in total. The molecule has 0 fully saturated rings. The number of nitriles is 1. The van der Waals surface area contributed by atoms with Crippen molar-refractivity contribution >= 4 is 21.6 Å². The average Bonchev–Trinajstić information content (AvgIpc) is 2.54. The molecule has 1 amide bonds. The number of para-hydroxylation sites is 1. The number of nitrogens with one attached hydrogen (secondary N) is 2. The molecule has 24 heavy (non-hydrogen) atoms. The lowest BCUT2D eigenvalue weighted by Gasteiger charge is -2.11. The van der Waals surface area contributed by atoms with Crippen LogP contribution in [0.15, 0.2) is 53.4 Å². The number of hydrogen-bond acceptors (Lipinski definition) is 4. The van der Waals surface area contributed by atoms with Crippen molar-refractivity contribution < 1.29 is 13.2 Å². The van der Waals surface area contributed by atoms with Crippen molar-refractivity contribution in [1.82, 2.24) is 5.32 Å². The molecule has 2 aromatic carbocycles. The Labute approximate surface area is 141 Å². The van der Waals surface area contributed by atoms with Gasteiger partial charge in [0.15, 0.2) is 0 Å². The predicted molar refractivity (Wildman–Crippen MR) is 91.0 cm³/mol. The van der Waals surface area contributed by atoms with Gasteiger partial charge in [-0.1, -0.05) is 18.2 Å². The first-order chi connectivity index (χ1) is 11.3. The maximum atomic E-state index is 12.5. The summed E-state index contributed by atoms with van der Waals surface area (Å²) in [5.41, 5.74) is 0.659. The minimum atomic E-state index is -3.91. The van der Waals surface area contributed by atoms with Crippen LogP contribution >= 0.6 is 0 Å². The van der Waals surface area contributed by atoms with Crippen LogP contribution in [0.4, 0.5) is 5.69 Å². The van der Waals surface area contributed by atoms with E-state index in [4.69, 9.17) is 5.26 Å². The Hall–Kier alpha value is -2.85. The van der Waals surface area contributed by atoms with Crippen molar-refractivity contribution in [3.05, 3.63) is 59.7 Å². The normalized spacial score (nSPS) is 10.9. The molecule has 0 aliphatic rings. The Morgan fingerprint density at radius 1 is 1.12 bits per heavy atom. The van der Waals surface area contributed by atoms with Crippen molar-refractivity contribution in [3.8, 4) is 6.07 Å². The number of benzene rings is 2. The minimum Gasteiger partial charge on any atom is -0.350 e. The fraction of sp³-hybridized carbons (Fsp3) is 0.176. The van der Waals surface area contributed by atoms with Gasteiger partial charge in [-0.05, 0) is 44.2 Å². The number of carbonyl (C=O) groups excluding carboxylic acids is 1. The van der Waals surface area contributed by atoms with Crippen LogP contribution in [0.3, 0.4) is 0 Å². The minimum absolute atomic E-state index is 0.0494. The highest BCUT2D eigenvalue weighted by atomic mass is 32.2. The first-order valence-corrected chi connectivity index (χ1v) is 8.74. The van der Waals surface area contributed by atoms with Crippen molar-refractivity contribution in [1.29, 1.82) is 5.26 Å². The predicted octanol–water partition coefficient (Wildman–Crippen LogP) is 2.50. The Morgan fingerprint density at radius 3 is 2.50 bits per heavy atom. The highest BCUT2D eigenvalue weighted by molar-refractivity contribution is 7.92. The number of nitrogens with zero attached hydrogens (tertiary/aromatic N) is 1. The van der Waals surface area contributed by atoms with Crippen LogP contribution in [0.2, 0.25) is 0 Å². The molecule has 0 heterocycles. The molecule has 0 aromatic heterocycles. The van der Waals surface area contributed by atoms with Crippen molar-refractivity contribution in [2.24, 2.45) is 0 Å². The fourth-order valence-corrected chi connectivity index (χ4v) is 3.15. The van der Waals surface area contributed by atoms with Gasteiger partial charge in [0, 0.05) is 11.6 Å². The highest BCUT2D eigenvalue weighted by Gasteiger charge is 2.18. The van der Waals surface area contributed by atoms with Gasteiger partial charge in [0.1, 0.15) is 6.07 Å². The smallest absolute Gasteiger partial charge is 0.261 e. The molecule has 0 saturated carbocycles. The van der Waals surface area contributed by atoms with Gasteiger partial charge in [-0.3, -0.25) is 9.52 Å². The first kappa shape index (κ1) is 17.5. The van der Waals surface area contributed by atoms with E-state index in [9.17, 15) is 13.2 Å². The van der Waals surface area contributed by atoms with Gasteiger partial charge in [0.2, 0.25) is 0 Å².